The summed E-state index contributed by atoms with van der Waals surface area (Å²) in [6.07, 6.45) is 0. The number of phenols is 1. The molecule has 1 atom stereocenters. The van der Waals surface area contributed by atoms with Gasteiger partial charge in [0.1, 0.15) is 11.5 Å². The molecule has 0 radical (unpaired) electrons. The molecule has 0 aromatic heterocycles. The van der Waals surface area contributed by atoms with Gasteiger partial charge in [-0.15, -0.1) is 0 Å². The fourth-order valence-electron chi connectivity index (χ4n) is 2.08. The summed E-state index contributed by atoms with van der Waals surface area (Å²) in [6, 6.07) is 13.3. The van der Waals surface area contributed by atoms with Gasteiger partial charge in [-0.05, 0) is 44.2 Å². The van der Waals surface area contributed by atoms with Crippen molar-refractivity contribution in [2.45, 2.75) is 19.9 Å². The second-order valence-electron chi connectivity index (χ2n) is 4.66. The second kappa shape index (κ2) is 5.65. The van der Waals surface area contributed by atoms with Gasteiger partial charge in [-0.3, -0.25) is 0 Å². The lowest BCUT2D eigenvalue weighted by Crippen LogP contribution is -2.08. The predicted octanol–water partition coefficient (Wildman–Crippen LogP) is 3.88. The molecule has 0 bridgehead atoms. The van der Waals surface area contributed by atoms with Crippen LogP contribution in [-0.4, -0.2) is 12.2 Å². The molecule has 0 aliphatic rings. The highest BCUT2D eigenvalue weighted by Crippen LogP contribution is 2.29. The normalized spacial score (nSPS) is 11.9. The maximum absolute atomic E-state index is 9.28. The zero-order valence-electron chi connectivity index (χ0n) is 11.5. The van der Waals surface area contributed by atoms with E-state index in [0.29, 0.717) is 0 Å². The fraction of sp³-hybridized carbons (Fsp3) is 0.250. The number of methoxy groups -OCH3 is 1. The highest BCUT2D eigenvalue weighted by molar-refractivity contribution is 5.50. The third-order valence-corrected chi connectivity index (χ3v) is 3.10. The van der Waals surface area contributed by atoms with Crippen LogP contribution < -0.4 is 10.1 Å². The Hall–Kier alpha value is -2.16. The van der Waals surface area contributed by atoms with E-state index in [1.165, 1.54) is 5.56 Å². The first-order valence-electron chi connectivity index (χ1n) is 6.30. The SMILES string of the molecule is COc1ccc(C)cc1C(C)Nc1ccc(O)cc1. The van der Waals surface area contributed by atoms with Gasteiger partial charge in [0.2, 0.25) is 0 Å². The van der Waals surface area contributed by atoms with Gasteiger partial charge in [0, 0.05) is 11.3 Å². The van der Waals surface area contributed by atoms with Crippen LogP contribution in [0.4, 0.5) is 5.69 Å². The summed E-state index contributed by atoms with van der Waals surface area (Å²) < 4.78 is 5.40. The van der Waals surface area contributed by atoms with Crippen LogP contribution in [0.15, 0.2) is 42.5 Å². The molecule has 3 heteroatoms. The average Bonchev–Trinajstić information content (AvgIpc) is 2.41. The zero-order valence-corrected chi connectivity index (χ0v) is 11.5. The molecule has 2 aromatic carbocycles. The van der Waals surface area contributed by atoms with E-state index in [1.54, 1.807) is 19.2 Å². The van der Waals surface area contributed by atoms with Gasteiger partial charge in [0.15, 0.2) is 0 Å². The average molecular weight is 257 g/mol. The van der Waals surface area contributed by atoms with E-state index in [2.05, 4.69) is 25.2 Å². The minimum absolute atomic E-state index is 0.124. The first kappa shape index (κ1) is 13.3. The van der Waals surface area contributed by atoms with E-state index in [-0.39, 0.29) is 11.8 Å². The lowest BCUT2D eigenvalue weighted by molar-refractivity contribution is 0.408. The molecule has 0 saturated carbocycles. The van der Waals surface area contributed by atoms with Gasteiger partial charge in [-0.1, -0.05) is 17.7 Å². The molecule has 0 amide bonds. The Kier molecular flexibility index (Phi) is 3.95. The number of hydrogen-bond acceptors (Lipinski definition) is 3. The molecule has 3 nitrogen and oxygen atoms in total. The van der Waals surface area contributed by atoms with Crippen LogP contribution >= 0.6 is 0 Å². The van der Waals surface area contributed by atoms with E-state index in [0.717, 1.165) is 17.0 Å². The first-order chi connectivity index (χ1) is 9.10. The topological polar surface area (TPSA) is 41.5 Å². The number of nitrogens with one attached hydrogen (secondary N) is 1. The molecule has 0 fully saturated rings. The highest BCUT2D eigenvalue weighted by atomic mass is 16.5. The molecular formula is C16H19NO2. The van der Waals surface area contributed by atoms with Gasteiger partial charge in [-0.2, -0.15) is 0 Å². The van der Waals surface area contributed by atoms with Crippen molar-refractivity contribution in [1.82, 2.24) is 0 Å². The monoisotopic (exact) mass is 257 g/mol. The van der Waals surface area contributed by atoms with Crippen LogP contribution in [0.3, 0.4) is 0 Å². The molecule has 0 spiro atoms. The molecular weight excluding hydrogens is 238 g/mol. The smallest absolute Gasteiger partial charge is 0.124 e. The van der Waals surface area contributed by atoms with E-state index in [4.69, 9.17) is 4.74 Å². The summed E-state index contributed by atoms with van der Waals surface area (Å²) in [5, 5.41) is 12.7. The molecule has 2 aromatic rings. The lowest BCUT2D eigenvalue weighted by Gasteiger charge is -2.19. The summed E-state index contributed by atoms with van der Waals surface area (Å²) in [6.45, 7) is 4.15. The summed E-state index contributed by atoms with van der Waals surface area (Å²) in [4.78, 5) is 0. The predicted molar refractivity (Wildman–Crippen MR) is 77.9 cm³/mol. The molecule has 100 valence electrons. The van der Waals surface area contributed by atoms with Gasteiger partial charge in [0.05, 0.1) is 13.2 Å². The van der Waals surface area contributed by atoms with E-state index in [1.807, 2.05) is 24.3 Å². The number of hydrogen-bond donors (Lipinski definition) is 2. The zero-order chi connectivity index (χ0) is 13.8. The largest absolute Gasteiger partial charge is 0.508 e. The third-order valence-electron chi connectivity index (χ3n) is 3.10. The van der Waals surface area contributed by atoms with Crippen LogP contribution in [-0.2, 0) is 0 Å². The number of aromatic hydroxyl groups is 1. The van der Waals surface area contributed by atoms with Gasteiger partial charge in [0.25, 0.3) is 0 Å². The number of ether oxygens (including phenoxy) is 1. The molecule has 0 aliphatic carbocycles. The van der Waals surface area contributed by atoms with Gasteiger partial charge >= 0.3 is 0 Å². The Bertz CT molecular complexity index is 549. The molecule has 0 aliphatic heterocycles. The first-order valence-corrected chi connectivity index (χ1v) is 6.30. The number of anilines is 1. The molecule has 0 saturated heterocycles. The Morgan fingerprint density at radius 1 is 1.11 bits per heavy atom. The summed E-state index contributed by atoms with van der Waals surface area (Å²) >= 11 is 0. The number of phenolic OH excluding ortho intramolecular Hbond substituents is 1. The van der Waals surface area contributed by atoms with Crippen molar-refractivity contribution < 1.29 is 9.84 Å². The van der Waals surface area contributed by atoms with Crippen LogP contribution in [0.2, 0.25) is 0 Å². The molecule has 1 unspecified atom stereocenters. The van der Waals surface area contributed by atoms with Crippen molar-refractivity contribution >= 4 is 5.69 Å². The number of aryl methyl sites for hydroxylation is 1. The number of rotatable bonds is 4. The Morgan fingerprint density at radius 2 is 1.79 bits per heavy atom. The van der Waals surface area contributed by atoms with Crippen molar-refractivity contribution in [3.8, 4) is 11.5 Å². The summed E-state index contributed by atoms with van der Waals surface area (Å²) in [5.41, 5.74) is 3.29. The quantitative estimate of drug-likeness (QED) is 0.817. The summed E-state index contributed by atoms with van der Waals surface area (Å²) in [7, 11) is 1.68. The van der Waals surface area contributed by atoms with Crippen molar-refractivity contribution in [3.05, 3.63) is 53.6 Å². The number of benzene rings is 2. The van der Waals surface area contributed by atoms with Crippen molar-refractivity contribution in [2.75, 3.05) is 12.4 Å². The highest BCUT2D eigenvalue weighted by Gasteiger charge is 2.11. The second-order valence-corrected chi connectivity index (χ2v) is 4.66. The van der Waals surface area contributed by atoms with Crippen molar-refractivity contribution in [3.63, 3.8) is 0 Å². The van der Waals surface area contributed by atoms with E-state index >= 15 is 0 Å². The standard InChI is InChI=1S/C16H19NO2/c1-11-4-9-16(19-3)15(10-11)12(2)17-13-5-7-14(18)8-6-13/h4-10,12,17-18H,1-3H3. The fourth-order valence-corrected chi connectivity index (χ4v) is 2.08. The van der Waals surface area contributed by atoms with Gasteiger partial charge in [-0.25, -0.2) is 0 Å². The molecule has 2 N–H and O–H groups in total. The van der Waals surface area contributed by atoms with Crippen LogP contribution in [0.5, 0.6) is 11.5 Å². The van der Waals surface area contributed by atoms with Gasteiger partial charge < -0.3 is 15.2 Å². The van der Waals surface area contributed by atoms with Crippen LogP contribution in [0.25, 0.3) is 0 Å². The summed E-state index contributed by atoms with van der Waals surface area (Å²) in [5.74, 6) is 1.15. The Balaban J connectivity index is 2.21. The molecule has 2 rings (SSSR count). The Morgan fingerprint density at radius 3 is 2.42 bits per heavy atom. The van der Waals surface area contributed by atoms with E-state index in [9.17, 15) is 5.11 Å². The van der Waals surface area contributed by atoms with Crippen LogP contribution in [0.1, 0.15) is 24.1 Å². The third kappa shape index (κ3) is 3.19. The maximum Gasteiger partial charge on any atom is 0.124 e. The molecule has 19 heavy (non-hydrogen) atoms. The van der Waals surface area contributed by atoms with Crippen LogP contribution in [0, 0.1) is 6.92 Å². The Labute approximate surface area is 113 Å². The van der Waals surface area contributed by atoms with E-state index < -0.39 is 0 Å². The maximum atomic E-state index is 9.28. The lowest BCUT2D eigenvalue weighted by atomic mass is 10.0. The minimum Gasteiger partial charge on any atom is -0.508 e. The van der Waals surface area contributed by atoms with Crippen molar-refractivity contribution in [2.24, 2.45) is 0 Å². The minimum atomic E-state index is 0.124. The molecule has 0 heterocycles. The van der Waals surface area contributed by atoms with Crippen molar-refractivity contribution in [1.29, 1.82) is 0 Å².